The quantitative estimate of drug-likeness (QED) is 0.461. The second-order valence-electron chi connectivity index (χ2n) is 12.0. The Labute approximate surface area is 210 Å². The number of imide groups is 1. The van der Waals surface area contributed by atoms with Gasteiger partial charge in [-0.1, -0.05) is 46.2 Å². The molecule has 1 saturated carbocycles. The summed E-state index contributed by atoms with van der Waals surface area (Å²) >= 11 is 0. The van der Waals surface area contributed by atoms with Gasteiger partial charge in [-0.05, 0) is 50.0 Å². The van der Waals surface area contributed by atoms with Crippen LogP contribution in [0.1, 0.15) is 77.1 Å². The van der Waals surface area contributed by atoms with Gasteiger partial charge in [0.25, 0.3) is 5.91 Å². The summed E-state index contributed by atoms with van der Waals surface area (Å²) < 4.78 is 12.9. The second kappa shape index (κ2) is 9.03. The zero-order valence-electron chi connectivity index (χ0n) is 22.1. The molecule has 1 saturated heterocycles. The fraction of sp³-hybridized carbons (Fsp3) is 0.667. The highest BCUT2D eigenvalue weighted by molar-refractivity contribution is 6.74. The molecular weight excluding hydrogens is 460 g/mol. The Morgan fingerprint density at radius 2 is 1.77 bits per heavy atom. The molecule has 1 N–H and O–H groups in total. The van der Waals surface area contributed by atoms with Crippen LogP contribution in [0.25, 0.3) is 0 Å². The number of carbonyl (C=O) groups excluding carboxylic acids is 3. The summed E-state index contributed by atoms with van der Waals surface area (Å²) in [6.07, 6.45) is 3.78. The number of ether oxygens (including phenoxy) is 1. The van der Waals surface area contributed by atoms with E-state index in [1.807, 2.05) is 19.9 Å². The normalized spacial score (nSPS) is 25.7. The van der Waals surface area contributed by atoms with Crippen LogP contribution in [0.2, 0.25) is 18.1 Å². The molecule has 192 valence electrons. The largest absolute Gasteiger partial charge is 0.467 e. The number of carbonyl (C=O) groups is 3. The average Bonchev–Trinajstić information content (AvgIpc) is 2.76. The first-order valence-electron chi connectivity index (χ1n) is 12.9. The third-order valence-corrected chi connectivity index (χ3v) is 13.2. The van der Waals surface area contributed by atoms with Crippen molar-refractivity contribution in [2.45, 2.75) is 103 Å². The van der Waals surface area contributed by atoms with Gasteiger partial charge in [-0.2, -0.15) is 0 Å². The molecule has 0 unspecified atom stereocenters. The maximum Gasteiger partial charge on any atom is 0.267 e. The minimum Gasteiger partial charge on any atom is -0.467 e. The van der Waals surface area contributed by atoms with Crippen molar-refractivity contribution in [2.24, 2.45) is 11.8 Å². The van der Waals surface area contributed by atoms with Gasteiger partial charge in [0.2, 0.25) is 11.8 Å². The molecule has 2 fully saturated rings. The van der Waals surface area contributed by atoms with Crippen LogP contribution in [-0.2, 0) is 14.0 Å². The highest BCUT2D eigenvalue weighted by Crippen LogP contribution is 2.44. The lowest BCUT2D eigenvalue weighted by atomic mass is 9.77. The van der Waals surface area contributed by atoms with Gasteiger partial charge in [0.1, 0.15) is 5.75 Å². The molecule has 1 aromatic rings. The van der Waals surface area contributed by atoms with E-state index < -0.39 is 25.9 Å². The van der Waals surface area contributed by atoms with E-state index in [1.165, 1.54) is 4.90 Å². The summed E-state index contributed by atoms with van der Waals surface area (Å²) in [5.41, 5.74) is -0.547. The van der Waals surface area contributed by atoms with Gasteiger partial charge in [0.05, 0.1) is 29.5 Å². The number of fused-ring (bicyclic) bond motifs is 1. The topological polar surface area (TPSA) is 84.9 Å². The minimum atomic E-state index is -2.10. The van der Waals surface area contributed by atoms with E-state index in [-0.39, 0.29) is 34.9 Å². The lowest BCUT2D eigenvalue weighted by Crippen LogP contribution is -2.70. The number of rotatable bonds is 5. The molecule has 35 heavy (non-hydrogen) atoms. The maximum absolute atomic E-state index is 14.0. The van der Waals surface area contributed by atoms with Crippen LogP contribution >= 0.6 is 0 Å². The first-order valence-corrected chi connectivity index (χ1v) is 15.8. The van der Waals surface area contributed by atoms with Crippen LogP contribution in [-0.4, -0.2) is 48.8 Å². The SMILES string of the molecule is C[C@@H](O[Si](C)(C)C(C)(C)C)[C@@H]1C(=O)N[C@@H]1[C@@H](C)C(=O)N1C(=O)c2ccccc2OC12CCCCC2. The van der Waals surface area contributed by atoms with Crippen LogP contribution in [0.15, 0.2) is 24.3 Å². The van der Waals surface area contributed by atoms with Gasteiger partial charge in [0.15, 0.2) is 14.0 Å². The van der Waals surface area contributed by atoms with Crippen molar-refractivity contribution in [3.8, 4) is 5.75 Å². The molecule has 0 bridgehead atoms. The van der Waals surface area contributed by atoms with Gasteiger partial charge in [-0.15, -0.1) is 0 Å². The summed E-state index contributed by atoms with van der Waals surface area (Å²) in [6.45, 7) is 14.6. The Kier molecular flexibility index (Phi) is 6.68. The van der Waals surface area contributed by atoms with Crippen molar-refractivity contribution < 1.29 is 23.5 Å². The average molecular weight is 501 g/mol. The molecule has 7 nitrogen and oxygen atoms in total. The Bertz CT molecular complexity index is 1010. The molecule has 4 atom stereocenters. The zero-order valence-corrected chi connectivity index (χ0v) is 23.1. The van der Waals surface area contributed by atoms with Crippen molar-refractivity contribution >= 4 is 26.0 Å². The van der Waals surface area contributed by atoms with E-state index >= 15 is 0 Å². The molecule has 1 spiro atoms. The highest BCUT2D eigenvalue weighted by Gasteiger charge is 2.56. The van der Waals surface area contributed by atoms with Gasteiger partial charge in [-0.25, -0.2) is 4.90 Å². The Morgan fingerprint density at radius 3 is 2.37 bits per heavy atom. The number of para-hydroxylation sites is 1. The van der Waals surface area contributed by atoms with E-state index in [1.54, 1.807) is 18.2 Å². The van der Waals surface area contributed by atoms with Crippen molar-refractivity contribution in [3.05, 3.63) is 29.8 Å². The summed E-state index contributed by atoms with van der Waals surface area (Å²) in [5.74, 6) is -1.17. The van der Waals surface area contributed by atoms with E-state index in [2.05, 4.69) is 39.2 Å². The molecule has 8 heteroatoms. The Morgan fingerprint density at radius 1 is 1.14 bits per heavy atom. The molecular formula is C27H40N2O5Si. The van der Waals surface area contributed by atoms with Crippen LogP contribution in [0.4, 0.5) is 0 Å². The van der Waals surface area contributed by atoms with Gasteiger partial charge in [-0.3, -0.25) is 14.4 Å². The monoisotopic (exact) mass is 500 g/mol. The predicted molar refractivity (Wildman–Crippen MR) is 136 cm³/mol. The van der Waals surface area contributed by atoms with E-state index in [4.69, 9.17) is 9.16 Å². The first kappa shape index (κ1) is 25.9. The fourth-order valence-electron chi connectivity index (χ4n) is 5.45. The van der Waals surface area contributed by atoms with E-state index in [9.17, 15) is 14.4 Å². The van der Waals surface area contributed by atoms with Crippen molar-refractivity contribution in [1.82, 2.24) is 10.2 Å². The summed E-state index contributed by atoms with van der Waals surface area (Å²) in [4.78, 5) is 41.7. The molecule has 0 radical (unpaired) electrons. The van der Waals surface area contributed by atoms with E-state index in [0.29, 0.717) is 24.2 Å². The summed E-state index contributed by atoms with van der Waals surface area (Å²) in [7, 11) is -2.10. The lowest BCUT2D eigenvalue weighted by Gasteiger charge is -2.51. The predicted octanol–water partition coefficient (Wildman–Crippen LogP) is 4.87. The third kappa shape index (κ3) is 4.44. The van der Waals surface area contributed by atoms with Crippen LogP contribution in [0.5, 0.6) is 5.75 Å². The standard InChI is InChI=1S/C27H40N2O5Si/c1-17(22-21(23(30)28-22)18(2)34-35(6,7)26(3,4)5)24(31)29-25(32)19-13-9-10-14-20(19)33-27(29)15-11-8-12-16-27/h9-10,13-14,17-18,21-22H,8,11-12,15-16H2,1-7H3,(H,28,30)/t17-,18-,21+,22-/m1/s1. The summed E-state index contributed by atoms with van der Waals surface area (Å²) in [5, 5.41) is 2.95. The third-order valence-electron chi connectivity index (χ3n) is 8.60. The smallest absolute Gasteiger partial charge is 0.267 e. The van der Waals surface area contributed by atoms with E-state index in [0.717, 1.165) is 19.3 Å². The molecule has 2 aliphatic heterocycles. The first-order chi connectivity index (χ1) is 16.3. The molecule has 1 aromatic carbocycles. The number of nitrogens with one attached hydrogen (secondary N) is 1. The van der Waals surface area contributed by atoms with Crippen LogP contribution in [0, 0.1) is 11.8 Å². The van der Waals surface area contributed by atoms with Crippen molar-refractivity contribution in [3.63, 3.8) is 0 Å². The number of amides is 3. The van der Waals surface area contributed by atoms with Gasteiger partial charge < -0.3 is 14.5 Å². The molecule has 3 amide bonds. The molecule has 2 heterocycles. The zero-order chi connectivity index (χ0) is 25.8. The minimum absolute atomic E-state index is 0.0106. The fourth-order valence-corrected chi connectivity index (χ4v) is 6.88. The van der Waals surface area contributed by atoms with Gasteiger partial charge in [0, 0.05) is 12.8 Å². The van der Waals surface area contributed by atoms with Gasteiger partial charge >= 0.3 is 0 Å². The van der Waals surface area contributed by atoms with Crippen LogP contribution < -0.4 is 10.1 Å². The molecule has 0 aromatic heterocycles. The van der Waals surface area contributed by atoms with Crippen molar-refractivity contribution in [1.29, 1.82) is 0 Å². The molecule has 3 aliphatic rings. The number of hydrogen-bond donors (Lipinski definition) is 1. The number of β-lactam (4-membered cyclic amide) rings is 1. The maximum atomic E-state index is 14.0. The molecule has 4 rings (SSSR count). The second-order valence-corrected chi connectivity index (χ2v) is 16.8. The number of hydrogen-bond acceptors (Lipinski definition) is 5. The van der Waals surface area contributed by atoms with Crippen molar-refractivity contribution in [2.75, 3.05) is 0 Å². The highest BCUT2D eigenvalue weighted by atomic mass is 28.4. The van der Waals surface area contributed by atoms with Crippen LogP contribution in [0.3, 0.4) is 0 Å². The summed E-state index contributed by atoms with van der Waals surface area (Å²) in [6, 6.07) is 6.76. The lowest BCUT2D eigenvalue weighted by molar-refractivity contribution is -0.162. The number of nitrogens with zero attached hydrogens (tertiary/aromatic N) is 1. The molecule has 1 aliphatic carbocycles. The Balaban J connectivity index is 1.59. The Hall–Kier alpha value is -2.19. The number of benzene rings is 1.